The van der Waals surface area contributed by atoms with E-state index < -0.39 is 5.92 Å². The molecule has 0 aliphatic heterocycles. The second-order valence-electron chi connectivity index (χ2n) is 3.99. The molecule has 1 heterocycles. The fraction of sp³-hybridized carbons (Fsp3) is 0.143. The zero-order valence-corrected chi connectivity index (χ0v) is 10.2. The van der Waals surface area contributed by atoms with Crippen molar-refractivity contribution >= 4 is 11.6 Å². The SMILES string of the molecule is N#CC(Cc1ccccc1)C(=O)Nc1cncnc1. The van der Waals surface area contributed by atoms with E-state index in [1.807, 2.05) is 36.4 Å². The Hall–Kier alpha value is -2.74. The molecule has 1 N–H and O–H groups in total. The lowest BCUT2D eigenvalue weighted by Crippen LogP contribution is -2.23. The highest BCUT2D eigenvalue weighted by Crippen LogP contribution is 2.11. The number of benzene rings is 1. The molecule has 5 nitrogen and oxygen atoms in total. The van der Waals surface area contributed by atoms with Crippen LogP contribution in [0.5, 0.6) is 0 Å². The smallest absolute Gasteiger partial charge is 0.242 e. The molecule has 0 aliphatic carbocycles. The highest BCUT2D eigenvalue weighted by atomic mass is 16.1. The molecule has 94 valence electrons. The molecule has 1 unspecified atom stereocenters. The topological polar surface area (TPSA) is 78.7 Å². The van der Waals surface area contributed by atoms with Crippen molar-refractivity contribution in [1.82, 2.24) is 9.97 Å². The summed E-state index contributed by atoms with van der Waals surface area (Å²) in [5, 5.41) is 11.7. The Morgan fingerprint density at radius 1 is 1.26 bits per heavy atom. The molecule has 0 aliphatic rings. The first-order chi connectivity index (χ1) is 9.29. The number of amides is 1. The summed E-state index contributed by atoms with van der Waals surface area (Å²) in [4.78, 5) is 19.6. The number of nitrogens with zero attached hydrogens (tertiary/aromatic N) is 3. The molecule has 0 bridgehead atoms. The van der Waals surface area contributed by atoms with Crippen molar-refractivity contribution in [1.29, 1.82) is 5.26 Å². The van der Waals surface area contributed by atoms with Gasteiger partial charge in [-0.1, -0.05) is 30.3 Å². The molecule has 19 heavy (non-hydrogen) atoms. The van der Waals surface area contributed by atoms with E-state index in [0.717, 1.165) is 5.56 Å². The molecule has 0 saturated carbocycles. The number of carbonyl (C=O) groups excluding carboxylic acids is 1. The molecule has 2 aromatic rings. The summed E-state index contributed by atoms with van der Waals surface area (Å²) in [5.74, 6) is -1.08. The lowest BCUT2D eigenvalue weighted by Gasteiger charge is -2.09. The van der Waals surface area contributed by atoms with E-state index in [1.54, 1.807) is 0 Å². The molecular formula is C14H12N4O. The third-order valence-corrected chi connectivity index (χ3v) is 2.58. The summed E-state index contributed by atoms with van der Waals surface area (Å²) in [7, 11) is 0. The molecule has 0 spiro atoms. The third kappa shape index (κ3) is 3.61. The maximum absolute atomic E-state index is 12.0. The number of nitrogens with one attached hydrogen (secondary N) is 1. The van der Waals surface area contributed by atoms with E-state index in [-0.39, 0.29) is 5.91 Å². The lowest BCUT2D eigenvalue weighted by molar-refractivity contribution is -0.118. The highest BCUT2D eigenvalue weighted by molar-refractivity contribution is 5.94. The van der Waals surface area contributed by atoms with Gasteiger partial charge in [0.15, 0.2) is 0 Å². The quantitative estimate of drug-likeness (QED) is 0.899. The fourth-order valence-electron chi connectivity index (χ4n) is 1.64. The van der Waals surface area contributed by atoms with Crippen LogP contribution in [0.15, 0.2) is 49.1 Å². The van der Waals surface area contributed by atoms with Crippen molar-refractivity contribution in [3.05, 3.63) is 54.6 Å². The van der Waals surface area contributed by atoms with Crippen LogP contribution < -0.4 is 5.32 Å². The summed E-state index contributed by atoms with van der Waals surface area (Å²) in [6.07, 6.45) is 4.74. The summed E-state index contributed by atoms with van der Waals surface area (Å²) in [6, 6.07) is 11.5. The van der Waals surface area contributed by atoms with Gasteiger partial charge in [-0.25, -0.2) is 9.97 Å². The third-order valence-electron chi connectivity index (χ3n) is 2.58. The van der Waals surface area contributed by atoms with Crippen LogP contribution in [0, 0.1) is 17.2 Å². The van der Waals surface area contributed by atoms with Crippen LogP contribution >= 0.6 is 0 Å². The second-order valence-corrected chi connectivity index (χ2v) is 3.99. The van der Waals surface area contributed by atoms with E-state index in [1.165, 1.54) is 18.7 Å². The summed E-state index contributed by atoms with van der Waals surface area (Å²) >= 11 is 0. The zero-order chi connectivity index (χ0) is 13.5. The molecule has 1 aromatic heterocycles. The van der Waals surface area contributed by atoms with E-state index in [2.05, 4.69) is 15.3 Å². The average molecular weight is 252 g/mol. The van der Waals surface area contributed by atoms with Crippen LogP contribution in [0.1, 0.15) is 5.56 Å². The van der Waals surface area contributed by atoms with E-state index in [0.29, 0.717) is 12.1 Å². The van der Waals surface area contributed by atoms with Crippen molar-refractivity contribution in [3.63, 3.8) is 0 Å². The Bertz CT molecular complexity index is 577. The van der Waals surface area contributed by atoms with Crippen LogP contribution in [-0.2, 0) is 11.2 Å². The van der Waals surface area contributed by atoms with Crippen LogP contribution in [0.2, 0.25) is 0 Å². The van der Waals surface area contributed by atoms with Gasteiger partial charge < -0.3 is 5.32 Å². The normalized spacial score (nSPS) is 11.3. The number of anilines is 1. The Balaban J connectivity index is 2.02. The van der Waals surface area contributed by atoms with Gasteiger partial charge in [-0.15, -0.1) is 0 Å². The van der Waals surface area contributed by atoms with Crippen LogP contribution in [0.4, 0.5) is 5.69 Å². The number of hydrogen-bond donors (Lipinski definition) is 1. The number of hydrogen-bond acceptors (Lipinski definition) is 4. The minimum Gasteiger partial charge on any atom is -0.322 e. The van der Waals surface area contributed by atoms with E-state index in [9.17, 15) is 4.79 Å². The molecule has 1 atom stereocenters. The molecule has 0 radical (unpaired) electrons. The molecule has 2 rings (SSSR count). The Morgan fingerprint density at radius 3 is 2.58 bits per heavy atom. The predicted octanol–water partition coefficient (Wildman–Crippen LogP) is 1.80. The summed E-state index contributed by atoms with van der Waals surface area (Å²) in [6.45, 7) is 0. The van der Waals surface area contributed by atoms with Crippen molar-refractivity contribution in [2.24, 2.45) is 5.92 Å². The second kappa shape index (κ2) is 6.26. The van der Waals surface area contributed by atoms with Gasteiger partial charge in [0.05, 0.1) is 24.2 Å². The van der Waals surface area contributed by atoms with Crippen molar-refractivity contribution in [3.8, 4) is 6.07 Å². The largest absolute Gasteiger partial charge is 0.322 e. The molecular weight excluding hydrogens is 240 g/mol. The van der Waals surface area contributed by atoms with Gasteiger partial charge >= 0.3 is 0 Å². The number of aromatic nitrogens is 2. The first kappa shape index (κ1) is 12.7. The van der Waals surface area contributed by atoms with Crippen LogP contribution in [0.25, 0.3) is 0 Å². The van der Waals surface area contributed by atoms with Crippen LogP contribution in [0.3, 0.4) is 0 Å². The van der Waals surface area contributed by atoms with Crippen molar-refractivity contribution in [2.75, 3.05) is 5.32 Å². The molecule has 0 fully saturated rings. The zero-order valence-electron chi connectivity index (χ0n) is 10.2. The first-order valence-corrected chi connectivity index (χ1v) is 5.79. The maximum Gasteiger partial charge on any atom is 0.242 e. The molecule has 1 aromatic carbocycles. The Kier molecular flexibility index (Phi) is 4.19. The number of carbonyl (C=O) groups is 1. The Morgan fingerprint density at radius 2 is 1.95 bits per heavy atom. The van der Waals surface area contributed by atoms with Gasteiger partial charge in [0.1, 0.15) is 12.2 Å². The monoisotopic (exact) mass is 252 g/mol. The molecule has 0 saturated heterocycles. The van der Waals surface area contributed by atoms with E-state index in [4.69, 9.17) is 5.26 Å². The maximum atomic E-state index is 12.0. The average Bonchev–Trinajstić information content (AvgIpc) is 2.47. The summed E-state index contributed by atoms with van der Waals surface area (Å²) < 4.78 is 0. The van der Waals surface area contributed by atoms with E-state index >= 15 is 0 Å². The van der Waals surface area contributed by atoms with Gasteiger partial charge in [-0.05, 0) is 12.0 Å². The van der Waals surface area contributed by atoms with Crippen molar-refractivity contribution in [2.45, 2.75) is 6.42 Å². The lowest BCUT2D eigenvalue weighted by atomic mass is 10.00. The minimum absolute atomic E-state index is 0.346. The summed E-state index contributed by atoms with van der Waals surface area (Å²) in [5.41, 5.74) is 1.44. The molecule has 1 amide bonds. The van der Waals surface area contributed by atoms with Gasteiger partial charge in [0, 0.05) is 0 Å². The van der Waals surface area contributed by atoms with Gasteiger partial charge in [-0.3, -0.25) is 4.79 Å². The number of nitriles is 1. The Labute approximate surface area is 110 Å². The molecule has 5 heteroatoms. The number of rotatable bonds is 4. The van der Waals surface area contributed by atoms with Crippen molar-refractivity contribution < 1.29 is 4.79 Å². The fourth-order valence-corrected chi connectivity index (χ4v) is 1.64. The standard InChI is InChI=1S/C14H12N4O/c15-7-12(6-11-4-2-1-3-5-11)14(19)18-13-8-16-10-17-9-13/h1-5,8-10,12H,6H2,(H,18,19). The first-order valence-electron chi connectivity index (χ1n) is 5.79. The predicted molar refractivity (Wildman–Crippen MR) is 69.9 cm³/mol. The minimum atomic E-state index is -0.734. The van der Waals surface area contributed by atoms with Gasteiger partial charge in [0.25, 0.3) is 0 Å². The van der Waals surface area contributed by atoms with Gasteiger partial charge in [-0.2, -0.15) is 5.26 Å². The van der Waals surface area contributed by atoms with Gasteiger partial charge in [0.2, 0.25) is 5.91 Å². The van der Waals surface area contributed by atoms with Crippen LogP contribution in [-0.4, -0.2) is 15.9 Å². The highest BCUT2D eigenvalue weighted by Gasteiger charge is 2.18.